The molecular formula is C14H22N2O3S. The van der Waals surface area contributed by atoms with E-state index in [-0.39, 0.29) is 17.0 Å². The van der Waals surface area contributed by atoms with Crippen LogP contribution in [0.4, 0.5) is 0 Å². The van der Waals surface area contributed by atoms with Crippen LogP contribution in [0.1, 0.15) is 31.2 Å². The largest absolute Gasteiger partial charge is 0.496 e. The van der Waals surface area contributed by atoms with Crippen LogP contribution < -0.4 is 15.2 Å². The van der Waals surface area contributed by atoms with E-state index in [0.29, 0.717) is 5.75 Å². The Labute approximate surface area is 120 Å². The van der Waals surface area contributed by atoms with Gasteiger partial charge in [0.25, 0.3) is 0 Å². The molecule has 1 aromatic rings. The van der Waals surface area contributed by atoms with E-state index in [9.17, 15) is 8.42 Å². The van der Waals surface area contributed by atoms with Gasteiger partial charge in [-0.25, -0.2) is 13.1 Å². The zero-order chi connectivity index (χ0) is 14.8. The van der Waals surface area contributed by atoms with Crippen LogP contribution in [0.5, 0.6) is 5.75 Å². The number of nitrogens with two attached hydrogens (primary N) is 1. The summed E-state index contributed by atoms with van der Waals surface area (Å²) in [6.45, 7) is 1.82. The maximum Gasteiger partial charge on any atom is 0.240 e. The molecular weight excluding hydrogens is 276 g/mol. The van der Waals surface area contributed by atoms with E-state index in [2.05, 4.69) is 4.72 Å². The van der Waals surface area contributed by atoms with E-state index in [1.54, 1.807) is 25.3 Å². The third kappa shape index (κ3) is 3.31. The number of rotatable bonds is 4. The van der Waals surface area contributed by atoms with E-state index in [1.165, 1.54) is 0 Å². The lowest BCUT2D eigenvalue weighted by Gasteiger charge is -2.29. The van der Waals surface area contributed by atoms with Gasteiger partial charge in [-0.2, -0.15) is 0 Å². The molecule has 1 aliphatic rings. The predicted molar refractivity (Wildman–Crippen MR) is 78.3 cm³/mol. The highest BCUT2D eigenvalue weighted by Crippen LogP contribution is 2.23. The summed E-state index contributed by atoms with van der Waals surface area (Å²) in [7, 11) is -1.96. The highest BCUT2D eigenvalue weighted by molar-refractivity contribution is 7.89. The zero-order valence-corrected chi connectivity index (χ0v) is 12.7. The van der Waals surface area contributed by atoms with Crippen LogP contribution in [0, 0.1) is 6.92 Å². The molecule has 0 bridgehead atoms. The molecule has 2 unspecified atom stereocenters. The number of ether oxygens (including phenoxy) is 1. The maximum absolute atomic E-state index is 12.4. The van der Waals surface area contributed by atoms with Gasteiger partial charge in [0, 0.05) is 12.1 Å². The number of sulfonamides is 1. The van der Waals surface area contributed by atoms with Gasteiger partial charge in [0.1, 0.15) is 5.75 Å². The summed E-state index contributed by atoms with van der Waals surface area (Å²) in [5, 5.41) is 0. The number of benzene rings is 1. The molecule has 0 aromatic heterocycles. The smallest absolute Gasteiger partial charge is 0.240 e. The number of methoxy groups -OCH3 is 1. The number of aryl methyl sites for hydroxylation is 1. The van der Waals surface area contributed by atoms with Crippen molar-refractivity contribution in [3.05, 3.63) is 23.8 Å². The average molecular weight is 298 g/mol. The fourth-order valence-corrected chi connectivity index (χ4v) is 4.00. The third-order valence-electron chi connectivity index (χ3n) is 3.80. The topological polar surface area (TPSA) is 81.4 Å². The molecule has 0 spiro atoms. The van der Waals surface area contributed by atoms with Crippen LogP contribution in [0.2, 0.25) is 0 Å². The van der Waals surface area contributed by atoms with Crippen molar-refractivity contribution >= 4 is 10.0 Å². The van der Waals surface area contributed by atoms with Crippen molar-refractivity contribution in [1.29, 1.82) is 0 Å². The second kappa shape index (κ2) is 6.11. The van der Waals surface area contributed by atoms with Crippen molar-refractivity contribution in [3.63, 3.8) is 0 Å². The van der Waals surface area contributed by atoms with E-state index in [0.717, 1.165) is 31.2 Å². The van der Waals surface area contributed by atoms with Crippen LogP contribution in [-0.4, -0.2) is 27.6 Å². The molecule has 0 heterocycles. The molecule has 2 atom stereocenters. The molecule has 0 saturated heterocycles. The normalized spacial score (nSPS) is 23.6. The molecule has 0 aliphatic heterocycles. The zero-order valence-electron chi connectivity index (χ0n) is 11.9. The molecule has 5 nitrogen and oxygen atoms in total. The Hall–Kier alpha value is -1.11. The minimum Gasteiger partial charge on any atom is -0.496 e. The van der Waals surface area contributed by atoms with E-state index in [1.807, 2.05) is 6.92 Å². The summed E-state index contributed by atoms with van der Waals surface area (Å²) in [5.41, 5.74) is 6.79. The summed E-state index contributed by atoms with van der Waals surface area (Å²) in [5.74, 6) is 0.679. The molecule has 3 N–H and O–H groups in total. The summed E-state index contributed by atoms with van der Waals surface area (Å²) < 4.78 is 32.7. The van der Waals surface area contributed by atoms with Gasteiger partial charge in [-0.15, -0.1) is 0 Å². The lowest BCUT2D eigenvalue weighted by atomic mass is 9.92. The molecule has 20 heavy (non-hydrogen) atoms. The van der Waals surface area contributed by atoms with Crippen molar-refractivity contribution in [1.82, 2.24) is 4.72 Å². The van der Waals surface area contributed by atoms with Gasteiger partial charge in [0.15, 0.2) is 0 Å². The molecule has 1 fully saturated rings. The second-order valence-electron chi connectivity index (χ2n) is 5.31. The Morgan fingerprint density at radius 1 is 1.30 bits per heavy atom. The summed E-state index contributed by atoms with van der Waals surface area (Å²) in [6.07, 6.45) is 3.76. The molecule has 0 radical (unpaired) electrons. The maximum atomic E-state index is 12.4. The Morgan fingerprint density at radius 3 is 2.60 bits per heavy atom. The van der Waals surface area contributed by atoms with Crippen LogP contribution in [0.15, 0.2) is 23.1 Å². The number of hydrogen-bond donors (Lipinski definition) is 2. The second-order valence-corrected chi connectivity index (χ2v) is 7.02. The SMILES string of the molecule is COc1ccc(S(=O)(=O)NC2CCCCC2N)cc1C. The van der Waals surface area contributed by atoms with E-state index >= 15 is 0 Å². The monoisotopic (exact) mass is 298 g/mol. The van der Waals surface area contributed by atoms with Crippen molar-refractivity contribution in [3.8, 4) is 5.75 Å². The Kier molecular flexibility index (Phi) is 4.67. The van der Waals surface area contributed by atoms with Crippen molar-refractivity contribution < 1.29 is 13.2 Å². The first-order chi connectivity index (χ1) is 9.44. The van der Waals surface area contributed by atoms with Gasteiger partial charge in [-0.3, -0.25) is 0 Å². The standard InChI is InChI=1S/C14H22N2O3S/c1-10-9-11(7-8-14(10)19-2)20(17,18)16-13-6-4-3-5-12(13)15/h7-9,12-13,16H,3-6,15H2,1-2H3. The van der Waals surface area contributed by atoms with Gasteiger partial charge in [0.05, 0.1) is 12.0 Å². The molecule has 6 heteroatoms. The lowest BCUT2D eigenvalue weighted by Crippen LogP contribution is -2.49. The quantitative estimate of drug-likeness (QED) is 0.883. The number of nitrogens with one attached hydrogen (secondary N) is 1. The molecule has 0 amide bonds. The highest BCUT2D eigenvalue weighted by Gasteiger charge is 2.27. The van der Waals surface area contributed by atoms with Gasteiger partial charge in [0.2, 0.25) is 10.0 Å². The summed E-state index contributed by atoms with van der Waals surface area (Å²) in [4.78, 5) is 0.258. The summed E-state index contributed by atoms with van der Waals surface area (Å²) in [6, 6.07) is 4.58. The first kappa shape index (κ1) is 15.3. The lowest BCUT2D eigenvalue weighted by molar-refractivity contribution is 0.361. The van der Waals surface area contributed by atoms with Gasteiger partial charge >= 0.3 is 0 Å². The number of hydrogen-bond acceptors (Lipinski definition) is 4. The van der Waals surface area contributed by atoms with Crippen LogP contribution >= 0.6 is 0 Å². The Balaban J connectivity index is 2.19. The van der Waals surface area contributed by atoms with Crippen molar-refractivity contribution in [2.45, 2.75) is 49.6 Å². The fourth-order valence-electron chi connectivity index (χ4n) is 2.59. The molecule has 1 saturated carbocycles. The van der Waals surface area contributed by atoms with Gasteiger partial charge in [-0.05, 0) is 43.5 Å². The van der Waals surface area contributed by atoms with Crippen molar-refractivity contribution in [2.75, 3.05) is 7.11 Å². The molecule has 2 rings (SSSR count). The fraction of sp³-hybridized carbons (Fsp3) is 0.571. The highest BCUT2D eigenvalue weighted by atomic mass is 32.2. The Morgan fingerprint density at radius 2 is 2.00 bits per heavy atom. The summed E-state index contributed by atoms with van der Waals surface area (Å²) >= 11 is 0. The average Bonchev–Trinajstić information content (AvgIpc) is 2.41. The van der Waals surface area contributed by atoms with Crippen LogP contribution in [0.3, 0.4) is 0 Å². The van der Waals surface area contributed by atoms with Gasteiger partial charge in [-0.1, -0.05) is 12.8 Å². The van der Waals surface area contributed by atoms with Crippen molar-refractivity contribution in [2.24, 2.45) is 5.73 Å². The molecule has 1 aliphatic carbocycles. The third-order valence-corrected chi connectivity index (χ3v) is 5.29. The first-order valence-electron chi connectivity index (χ1n) is 6.86. The van der Waals surface area contributed by atoms with Crippen LogP contribution in [0.25, 0.3) is 0 Å². The van der Waals surface area contributed by atoms with E-state index in [4.69, 9.17) is 10.5 Å². The molecule has 112 valence electrons. The van der Waals surface area contributed by atoms with Gasteiger partial charge < -0.3 is 10.5 Å². The van der Waals surface area contributed by atoms with E-state index < -0.39 is 10.0 Å². The predicted octanol–water partition coefficient (Wildman–Crippen LogP) is 1.55. The first-order valence-corrected chi connectivity index (χ1v) is 8.35. The minimum atomic E-state index is -3.53. The van der Waals surface area contributed by atoms with Crippen LogP contribution in [-0.2, 0) is 10.0 Å². The Bertz CT molecular complexity index is 572. The minimum absolute atomic E-state index is 0.0992. The molecule has 1 aromatic carbocycles.